The highest BCUT2D eigenvalue weighted by Gasteiger charge is 2.12. The molecule has 0 bridgehead atoms. The molecule has 7 nitrogen and oxygen atoms in total. The first-order valence-corrected chi connectivity index (χ1v) is 10.1. The van der Waals surface area contributed by atoms with Gasteiger partial charge >= 0.3 is 5.97 Å². The third kappa shape index (κ3) is 5.51. The summed E-state index contributed by atoms with van der Waals surface area (Å²) < 4.78 is 6.27. The fraction of sp³-hybridized carbons (Fsp3) is 0.182. The van der Waals surface area contributed by atoms with E-state index in [0.29, 0.717) is 29.1 Å². The van der Waals surface area contributed by atoms with E-state index < -0.39 is 11.5 Å². The predicted molar refractivity (Wildman–Crippen MR) is 119 cm³/mol. The molecule has 0 aliphatic heterocycles. The minimum Gasteiger partial charge on any atom is -0.462 e. The zero-order valence-corrected chi connectivity index (χ0v) is 18.3. The van der Waals surface area contributed by atoms with Crippen LogP contribution in [0, 0.1) is 5.92 Å². The number of benzene rings is 2. The van der Waals surface area contributed by atoms with Gasteiger partial charge in [0.25, 0.3) is 11.5 Å². The van der Waals surface area contributed by atoms with Crippen LogP contribution in [0.3, 0.4) is 0 Å². The quantitative estimate of drug-likeness (QED) is 0.543. The average molecular weight is 460 g/mol. The molecule has 0 aliphatic rings. The number of hydrogen-bond donors (Lipinski definition) is 1. The third-order valence-electron chi connectivity index (χ3n) is 4.18. The first-order valence-electron chi connectivity index (χ1n) is 9.38. The molecule has 1 amide bonds. The Labute approximate surface area is 188 Å². The van der Waals surface area contributed by atoms with Gasteiger partial charge in [-0.1, -0.05) is 37.0 Å². The molecule has 0 saturated heterocycles. The van der Waals surface area contributed by atoms with E-state index in [-0.39, 0.29) is 21.9 Å². The van der Waals surface area contributed by atoms with Crippen LogP contribution in [0.2, 0.25) is 10.0 Å². The molecule has 0 unspecified atom stereocenters. The van der Waals surface area contributed by atoms with E-state index in [1.807, 2.05) is 13.8 Å². The van der Waals surface area contributed by atoms with Crippen molar-refractivity contribution in [3.05, 3.63) is 86.3 Å². The first-order chi connectivity index (χ1) is 14.8. The lowest BCUT2D eigenvalue weighted by molar-refractivity contribution is 0.0459. The Balaban J connectivity index is 1.68. The van der Waals surface area contributed by atoms with Crippen LogP contribution in [-0.4, -0.2) is 28.3 Å². The zero-order valence-electron chi connectivity index (χ0n) is 16.8. The first kappa shape index (κ1) is 22.5. The number of amides is 1. The zero-order chi connectivity index (χ0) is 22.5. The highest BCUT2D eigenvalue weighted by atomic mass is 35.5. The highest BCUT2D eigenvalue weighted by molar-refractivity contribution is 6.41. The second-order valence-electron chi connectivity index (χ2n) is 7.09. The maximum Gasteiger partial charge on any atom is 0.338 e. The normalized spacial score (nSPS) is 10.7. The van der Waals surface area contributed by atoms with Crippen LogP contribution in [0.15, 0.2) is 59.5 Å². The van der Waals surface area contributed by atoms with Crippen molar-refractivity contribution in [3.8, 4) is 5.69 Å². The highest BCUT2D eigenvalue weighted by Crippen LogP contribution is 2.17. The van der Waals surface area contributed by atoms with E-state index >= 15 is 0 Å². The van der Waals surface area contributed by atoms with Gasteiger partial charge in [-0.15, -0.1) is 0 Å². The predicted octanol–water partition coefficient (Wildman–Crippen LogP) is 4.60. The van der Waals surface area contributed by atoms with E-state index in [4.69, 9.17) is 27.9 Å². The fourth-order valence-electron chi connectivity index (χ4n) is 2.57. The lowest BCUT2D eigenvalue weighted by Gasteiger charge is -2.09. The molecule has 9 heteroatoms. The maximum atomic E-state index is 12.5. The summed E-state index contributed by atoms with van der Waals surface area (Å²) in [6.07, 6.45) is 1.27. The topological polar surface area (TPSA) is 90.3 Å². The van der Waals surface area contributed by atoms with Gasteiger partial charge in [0.1, 0.15) is 5.02 Å². The van der Waals surface area contributed by atoms with Gasteiger partial charge in [0.15, 0.2) is 0 Å². The van der Waals surface area contributed by atoms with E-state index in [0.717, 1.165) is 4.68 Å². The fourth-order valence-corrected chi connectivity index (χ4v) is 2.82. The van der Waals surface area contributed by atoms with Crippen LogP contribution < -0.4 is 10.9 Å². The number of rotatable bonds is 6. The Morgan fingerprint density at radius 2 is 1.65 bits per heavy atom. The van der Waals surface area contributed by atoms with E-state index in [1.165, 1.54) is 6.20 Å². The summed E-state index contributed by atoms with van der Waals surface area (Å²) in [6.45, 7) is 4.26. The van der Waals surface area contributed by atoms with Gasteiger partial charge in [-0.25, -0.2) is 4.79 Å². The molecule has 0 spiro atoms. The third-order valence-corrected chi connectivity index (χ3v) is 4.93. The average Bonchev–Trinajstić information content (AvgIpc) is 2.76. The molecule has 160 valence electrons. The molecular weight excluding hydrogens is 441 g/mol. The lowest BCUT2D eigenvalue weighted by atomic mass is 10.1. The second kappa shape index (κ2) is 9.76. The van der Waals surface area contributed by atoms with Crippen molar-refractivity contribution < 1.29 is 14.3 Å². The van der Waals surface area contributed by atoms with Gasteiger partial charge in [-0.05, 0) is 54.4 Å². The summed E-state index contributed by atoms with van der Waals surface area (Å²) in [5, 5.41) is 6.63. The second-order valence-corrected chi connectivity index (χ2v) is 7.88. The molecule has 1 aromatic heterocycles. The van der Waals surface area contributed by atoms with Crippen LogP contribution >= 0.6 is 23.2 Å². The van der Waals surface area contributed by atoms with Crippen molar-refractivity contribution in [2.45, 2.75) is 13.8 Å². The van der Waals surface area contributed by atoms with E-state index in [2.05, 4.69) is 10.4 Å². The van der Waals surface area contributed by atoms with Crippen molar-refractivity contribution in [3.63, 3.8) is 0 Å². The van der Waals surface area contributed by atoms with E-state index in [1.54, 1.807) is 48.5 Å². The number of hydrogen-bond acceptors (Lipinski definition) is 5. The SMILES string of the molecule is CC(C)COC(=O)c1ccc(NC(=O)c2ccc(-n3ncc(Cl)c(Cl)c3=O)cc2)cc1. The minimum absolute atomic E-state index is 0.0677. The summed E-state index contributed by atoms with van der Waals surface area (Å²) in [5.41, 5.74) is 1.18. The van der Waals surface area contributed by atoms with Crippen LogP contribution in [-0.2, 0) is 4.74 Å². The Kier molecular flexibility index (Phi) is 7.09. The Hall–Kier alpha value is -3.16. The van der Waals surface area contributed by atoms with Crippen molar-refractivity contribution in [2.75, 3.05) is 11.9 Å². The largest absolute Gasteiger partial charge is 0.462 e. The molecule has 2 aromatic carbocycles. The molecule has 3 rings (SSSR count). The van der Waals surface area contributed by atoms with Crippen molar-refractivity contribution in [1.29, 1.82) is 0 Å². The number of nitrogens with one attached hydrogen (secondary N) is 1. The number of carbonyl (C=O) groups excluding carboxylic acids is 2. The summed E-state index contributed by atoms with van der Waals surface area (Å²) in [6, 6.07) is 12.7. The van der Waals surface area contributed by atoms with Gasteiger partial charge in [-0.2, -0.15) is 9.78 Å². The Bertz CT molecular complexity index is 1160. The summed E-state index contributed by atoms with van der Waals surface area (Å²) in [7, 11) is 0. The Morgan fingerprint density at radius 1 is 1.03 bits per heavy atom. The van der Waals surface area contributed by atoms with Gasteiger partial charge in [0, 0.05) is 11.3 Å². The van der Waals surface area contributed by atoms with Gasteiger partial charge in [-0.3, -0.25) is 9.59 Å². The number of esters is 1. The Morgan fingerprint density at radius 3 is 2.26 bits per heavy atom. The minimum atomic E-state index is -0.557. The van der Waals surface area contributed by atoms with Crippen LogP contribution in [0.4, 0.5) is 5.69 Å². The van der Waals surface area contributed by atoms with Crippen LogP contribution in [0.25, 0.3) is 5.69 Å². The standard InChI is InChI=1S/C22H19Cl2N3O4/c1-13(2)12-31-22(30)15-3-7-16(8-4-15)26-20(28)14-5-9-17(10-6-14)27-21(29)19(24)18(23)11-25-27/h3-11,13H,12H2,1-2H3,(H,26,28). The van der Waals surface area contributed by atoms with Crippen LogP contribution in [0.1, 0.15) is 34.6 Å². The molecule has 0 radical (unpaired) electrons. The summed E-state index contributed by atoms with van der Waals surface area (Å²) >= 11 is 11.7. The molecule has 0 saturated carbocycles. The van der Waals surface area contributed by atoms with Gasteiger partial charge < -0.3 is 10.1 Å². The number of carbonyl (C=O) groups is 2. The molecule has 1 N–H and O–H groups in total. The molecule has 0 aliphatic carbocycles. The van der Waals surface area contributed by atoms with Crippen molar-refractivity contribution >= 4 is 40.8 Å². The summed E-state index contributed by atoms with van der Waals surface area (Å²) in [4.78, 5) is 36.6. The number of halogens is 2. The number of anilines is 1. The van der Waals surface area contributed by atoms with Crippen LogP contribution in [0.5, 0.6) is 0 Å². The van der Waals surface area contributed by atoms with Crippen molar-refractivity contribution in [1.82, 2.24) is 9.78 Å². The monoisotopic (exact) mass is 459 g/mol. The number of aromatic nitrogens is 2. The maximum absolute atomic E-state index is 12.5. The lowest BCUT2D eigenvalue weighted by Crippen LogP contribution is -2.21. The smallest absolute Gasteiger partial charge is 0.338 e. The molecule has 1 heterocycles. The number of ether oxygens (including phenoxy) is 1. The molecule has 0 fully saturated rings. The molecule has 31 heavy (non-hydrogen) atoms. The van der Waals surface area contributed by atoms with Gasteiger partial charge in [0.05, 0.1) is 29.1 Å². The molecular formula is C22H19Cl2N3O4. The van der Waals surface area contributed by atoms with Crippen molar-refractivity contribution in [2.24, 2.45) is 5.92 Å². The molecule has 3 aromatic rings. The number of nitrogens with zero attached hydrogens (tertiary/aromatic N) is 2. The summed E-state index contributed by atoms with van der Waals surface area (Å²) in [5.74, 6) is -0.510. The van der Waals surface area contributed by atoms with Gasteiger partial charge in [0.2, 0.25) is 0 Å². The van der Waals surface area contributed by atoms with E-state index in [9.17, 15) is 14.4 Å². The molecule has 0 atom stereocenters.